The molecule has 0 spiro atoms. The Labute approximate surface area is 179 Å². The molecule has 6 rings (SSSR count). The maximum Gasteiger partial charge on any atom is 0.262 e. The Morgan fingerprint density at radius 3 is 2.94 bits per heavy atom. The number of nitrogens with one attached hydrogen (secondary N) is 2. The summed E-state index contributed by atoms with van der Waals surface area (Å²) >= 11 is 0. The van der Waals surface area contributed by atoms with E-state index in [0.29, 0.717) is 22.8 Å². The topological polar surface area (TPSA) is 109 Å². The third-order valence-corrected chi connectivity index (χ3v) is 7.63. The normalized spacial score (nSPS) is 30.6. The summed E-state index contributed by atoms with van der Waals surface area (Å²) in [5, 5.41) is 20.6. The minimum Gasteiger partial charge on any atom is -0.443 e. The van der Waals surface area contributed by atoms with Crippen molar-refractivity contribution in [1.82, 2.24) is 14.8 Å². The average molecular weight is 416 g/mol. The van der Waals surface area contributed by atoms with E-state index in [0.717, 1.165) is 35.4 Å². The van der Waals surface area contributed by atoms with Gasteiger partial charge in [0.15, 0.2) is 5.58 Å². The summed E-state index contributed by atoms with van der Waals surface area (Å²) in [6.45, 7) is 2.41. The number of carbonyl (C=O) groups excluding carboxylic acids is 1. The van der Waals surface area contributed by atoms with Crippen LogP contribution in [0.2, 0.25) is 0 Å². The van der Waals surface area contributed by atoms with Gasteiger partial charge in [-0.15, -0.1) is 0 Å². The number of furan rings is 1. The summed E-state index contributed by atoms with van der Waals surface area (Å²) in [6.07, 6.45) is 6.92. The molecular weight excluding hydrogens is 392 g/mol. The lowest BCUT2D eigenvalue weighted by molar-refractivity contribution is 0.102. The van der Waals surface area contributed by atoms with Crippen molar-refractivity contribution >= 4 is 28.5 Å². The fourth-order valence-corrected chi connectivity index (χ4v) is 6.43. The lowest BCUT2D eigenvalue weighted by Gasteiger charge is -2.30. The van der Waals surface area contributed by atoms with E-state index in [9.17, 15) is 10.1 Å². The number of amides is 1. The smallest absolute Gasteiger partial charge is 0.262 e. The Balaban J connectivity index is 1.27. The van der Waals surface area contributed by atoms with Gasteiger partial charge in [0.25, 0.3) is 5.91 Å². The van der Waals surface area contributed by atoms with Gasteiger partial charge in [-0.2, -0.15) is 10.4 Å². The van der Waals surface area contributed by atoms with Gasteiger partial charge in [0.2, 0.25) is 5.76 Å². The molecule has 8 heteroatoms. The number of nitrogens with zero attached hydrogens (tertiary/aromatic N) is 4. The zero-order valence-electron chi connectivity index (χ0n) is 17.5. The lowest BCUT2D eigenvalue weighted by Crippen LogP contribution is -2.30. The Morgan fingerprint density at radius 1 is 1.32 bits per heavy atom. The third kappa shape index (κ3) is 2.83. The number of carbonyl (C=O) groups is 1. The molecule has 3 fully saturated rings. The molecule has 3 aliphatic carbocycles. The van der Waals surface area contributed by atoms with Crippen LogP contribution >= 0.6 is 0 Å². The molecule has 0 bridgehead atoms. The van der Waals surface area contributed by atoms with Crippen molar-refractivity contribution in [2.75, 3.05) is 10.6 Å². The molecule has 5 unspecified atom stereocenters. The van der Waals surface area contributed by atoms with Crippen LogP contribution in [0, 0.1) is 40.9 Å². The highest BCUT2D eigenvalue weighted by molar-refractivity contribution is 6.13. The number of hydrogen-bond acceptors (Lipinski definition) is 6. The first-order chi connectivity index (χ1) is 15.0. The molecule has 31 heavy (non-hydrogen) atoms. The number of nitriles is 1. The molecule has 0 radical (unpaired) electrons. The summed E-state index contributed by atoms with van der Waals surface area (Å²) in [5.41, 5.74) is 0.652. The highest BCUT2D eigenvalue weighted by Crippen LogP contribution is 2.68. The summed E-state index contributed by atoms with van der Waals surface area (Å²) in [7, 11) is 1.74. The van der Waals surface area contributed by atoms with Gasteiger partial charge in [0.05, 0.1) is 12.4 Å². The summed E-state index contributed by atoms with van der Waals surface area (Å²) < 4.78 is 7.16. The monoisotopic (exact) mass is 416 g/mol. The second-order valence-electron chi connectivity index (χ2n) is 9.38. The minimum atomic E-state index is -0.402. The molecule has 0 aliphatic heterocycles. The highest BCUT2D eigenvalue weighted by Gasteiger charge is 2.63. The number of pyridine rings is 1. The van der Waals surface area contributed by atoms with Gasteiger partial charge in [-0.1, -0.05) is 6.92 Å². The molecule has 3 aliphatic rings. The van der Waals surface area contributed by atoms with E-state index < -0.39 is 5.91 Å². The Bertz CT molecular complexity index is 1230. The van der Waals surface area contributed by atoms with Crippen LogP contribution in [-0.4, -0.2) is 26.7 Å². The molecule has 3 saturated carbocycles. The minimum absolute atomic E-state index is 0.0154. The molecule has 6 atom stereocenters. The number of anilines is 2. The fraction of sp³-hybridized carbons (Fsp3) is 0.478. The largest absolute Gasteiger partial charge is 0.443 e. The van der Waals surface area contributed by atoms with Crippen LogP contribution in [0.3, 0.4) is 0 Å². The lowest BCUT2D eigenvalue weighted by atomic mass is 9.81. The predicted molar refractivity (Wildman–Crippen MR) is 114 cm³/mol. The fourth-order valence-electron chi connectivity index (χ4n) is 6.43. The van der Waals surface area contributed by atoms with Gasteiger partial charge in [0, 0.05) is 24.5 Å². The molecule has 158 valence electrons. The van der Waals surface area contributed by atoms with E-state index in [4.69, 9.17) is 4.42 Å². The van der Waals surface area contributed by atoms with Gasteiger partial charge in [-0.05, 0) is 54.9 Å². The van der Waals surface area contributed by atoms with Gasteiger partial charge >= 0.3 is 0 Å². The van der Waals surface area contributed by atoms with Crippen molar-refractivity contribution in [3.8, 4) is 6.07 Å². The van der Waals surface area contributed by atoms with Gasteiger partial charge in [0.1, 0.15) is 23.3 Å². The maximum atomic E-state index is 13.0. The van der Waals surface area contributed by atoms with Crippen LogP contribution in [0.4, 0.5) is 11.6 Å². The Morgan fingerprint density at radius 2 is 2.19 bits per heavy atom. The summed E-state index contributed by atoms with van der Waals surface area (Å²) in [4.78, 5) is 17.5. The van der Waals surface area contributed by atoms with Crippen molar-refractivity contribution in [3.05, 3.63) is 35.9 Å². The first-order valence-electron chi connectivity index (χ1n) is 10.9. The standard InChI is InChI=1S/C23H24N6O2/c1-11-5-12-6-13(7-15-20(11)21(12)15)27-18-8-14-17(10-25-18)31-16(9-24)22(14)23(30)28-19-3-4-26-29(19)2/h3-4,8,10-13,15,20-21H,5-7H2,1-2H3,(H,25,27)(H,28,30)/t11?,12?,13?,15?,20-,21?/m0/s1. The summed E-state index contributed by atoms with van der Waals surface area (Å²) in [5.74, 6) is 5.31. The van der Waals surface area contributed by atoms with E-state index in [1.807, 2.05) is 12.1 Å². The summed E-state index contributed by atoms with van der Waals surface area (Å²) in [6, 6.07) is 5.93. The van der Waals surface area contributed by atoms with Crippen LogP contribution in [0.25, 0.3) is 11.0 Å². The maximum absolute atomic E-state index is 13.0. The molecule has 0 aromatic carbocycles. The zero-order chi connectivity index (χ0) is 21.3. The number of aromatic nitrogens is 3. The molecular formula is C23H24N6O2. The quantitative estimate of drug-likeness (QED) is 0.670. The van der Waals surface area contributed by atoms with E-state index in [1.54, 1.807) is 30.2 Å². The van der Waals surface area contributed by atoms with E-state index in [2.05, 4.69) is 27.6 Å². The highest BCUT2D eigenvalue weighted by atomic mass is 16.3. The Hall–Kier alpha value is -3.34. The molecule has 2 N–H and O–H groups in total. The van der Waals surface area contributed by atoms with Crippen molar-refractivity contribution in [1.29, 1.82) is 5.26 Å². The SMILES string of the molecule is CC1CC2CC(Nc3cc4c(C(=O)Nc5ccnn5C)c(C#N)oc4cn3)CC3C2[C@@H]13. The second kappa shape index (κ2) is 6.58. The van der Waals surface area contributed by atoms with Crippen molar-refractivity contribution in [3.63, 3.8) is 0 Å². The van der Waals surface area contributed by atoms with Gasteiger partial charge in [-0.25, -0.2) is 4.98 Å². The van der Waals surface area contributed by atoms with Crippen molar-refractivity contribution < 1.29 is 9.21 Å². The van der Waals surface area contributed by atoms with Gasteiger partial charge < -0.3 is 15.1 Å². The van der Waals surface area contributed by atoms with Crippen LogP contribution in [0.1, 0.15) is 42.3 Å². The second-order valence-corrected chi connectivity index (χ2v) is 9.38. The van der Waals surface area contributed by atoms with Crippen LogP contribution in [0.15, 0.2) is 28.9 Å². The van der Waals surface area contributed by atoms with E-state index in [1.165, 1.54) is 19.3 Å². The van der Waals surface area contributed by atoms with Crippen molar-refractivity contribution in [2.45, 2.75) is 32.2 Å². The molecule has 3 aromatic rings. The number of hydrogen-bond donors (Lipinski definition) is 2. The molecule has 8 nitrogen and oxygen atoms in total. The first-order valence-corrected chi connectivity index (χ1v) is 10.9. The first kappa shape index (κ1) is 18.4. The molecule has 3 aromatic heterocycles. The van der Waals surface area contributed by atoms with E-state index in [-0.39, 0.29) is 11.3 Å². The average Bonchev–Trinajstić information content (AvgIpc) is 2.97. The van der Waals surface area contributed by atoms with Crippen molar-refractivity contribution in [2.24, 2.45) is 36.6 Å². The van der Waals surface area contributed by atoms with E-state index >= 15 is 0 Å². The Kier molecular flexibility index (Phi) is 3.91. The predicted octanol–water partition coefficient (Wildman–Crippen LogP) is 3.78. The molecule has 3 heterocycles. The van der Waals surface area contributed by atoms with Crippen LogP contribution < -0.4 is 10.6 Å². The number of aryl methyl sites for hydroxylation is 1. The zero-order valence-corrected chi connectivity index (χ0v) is 17.5. The molecule has 0 saturated heterocycles. The number of fused-ring (bicyclic) bond motifs is 2. The van der Waals surface area contributed by atoms with Crippen LogP contribution in [-0.2, 0) is 7.05 Å². The van der Waals surface area contributed by atoms with Crippen LogP contribution in [0.5, 0.6) is 0 Å². The van der Waals surface area contributed by atoms with Gasteiger partial charge in [-0.3, -0.25) is 9.48 Å². The number of rotatable bonds is 4. The third-order valence-electron chi connectivity index (χ3n) is 7.63. The molecule has 1 amide bonds.